The van der Waals surface area contributed by atoms with Gasteiger partial charge in [0.05, 0.1) is 7.11 Å². The highest BCUT2D eigenvalue weighted by Gasteiger charge is 2.28. The van der Waals surface area contributed by atoms with Crippen molar-refractivity contribution in [3.05, 3.63) is 34.9 Å². The van der Waals surface area contributed by atoms with E-state index in [2.05, 4.69) is 10.6 Å². The monoisotopic (exact) mass is 410 g/mol. The third-order valence-corrected chi connectivity index (χ3v) is 4.98. The van der Waals surface area contributed by atoms with E-state index in [0.29, 0.717) is 11.4 Å². The minimum atomic E-state index is -0.502. The number of methoxy groups -OCH3 is 1. The predicted octanol–water partition coefficient (Wildman–Crippen LogP) is 3.85. The van der Waals surface area contributed by atoms with Crippen LogP contribution in [0.3, 0.4) is 0 Å². The second-order valence-corrected chi connectivity index (χ2v) is 8.70. The number of carbonyl (C=O) groups is 2. The second kappa shape index (κ2) is 10.1. The average Bonchev–Trinajstić information content (AvgIpc) is 2.62. The maximum atomic E-state index is 12.2. The molecule has 1 aromatic carbocycles. The Kier molecular flexibility index (Phi) is 8.13. The summed E-state index contributed by atoms with van der Waals surface area (Å²) in [4.78, 5) is 24.1. The molecular formula is C21H31ClN2O4. The van der Waals surface area contributed by atoms with Gasteiger partial charge < -0.3 is 20.1 Å². The third-order valence-electron chi connectivity index (χ3n) is 4.72. The van der Waals surface area contributed by atoms with Gasteiger partial charge in [-0.1, -0.05) is 23.7 Å². The summed E-state index contributed by atoms with van der Waals surface area (Å²) in [6.45, 7) is 5.54. The lowest BCUT2D eigenvalue weighted by atomic mass is 9.90. The minimum absolute atomic E-state index is 0.0979. The Morgan fingerprint density at radius 2 is 1.68 bits per heavy atom. The summed E-state index contributed by atoms with van der Waals surface area (Å²) in [6.07, 6.45) is 3.58. The number of ether oxygens (including phenoxy) is 2. The van der Waals surface area contributed by atoms with Gasteiger partial charge in [-0.2, -0.15) is 0 Å². The SMILES string of the molecule is COC(=O)[C@@H](Cc1ccc(Cl)cc1)N[C@H]1CC[C@H](NC(=O)OC(C)(C)C)CC1. The Bertz CT molecular complexity index is 649. The van der Waals surface area contributed by atoms with Gasteiger partial charge in [-0.3, -0.25) is 4.79 Å². The van der Waals surface area contributed by atoms with Crippen molar-refractivity contribution < 1.29 is 19.1 Å². The molecule has 0 bridgehead atoms. The summed E-state index contributed by atoms with van der Waals surface area (Å²) in [5.74, 6) is -0.274. The summed E-state index contributed by atoms with van der Waals surface area (Å²) in [5.41, 5.74) is 0.519. The quantitative estimate of drug-likeness (QED) is 0.696. The molecule has 2 rings (SSSR count). The molecule has 1 amide bonds. The molecule has 1 aliphatic carbocycles. The number of halogens is 1. The molecule has 0 saturated heterocycles. The third kappa shape index (κ3) is 7.68. The summed E-state index contributed by atoms with van der Waals surface area (Å²) in [6, 6.07) is 7.36. The van der Waals surface area contributed by atoms with E-state index in [4.69, 9.17) is 21.1 Å². The van der Waals surface area contributed by atoms with Crippen LogP contribution in [0.1, 0.15) is 52.0 Å². The number of esters is 1. The lowest BCUT2D eigenvalue weighted by molar-refractivity contribution is -0.143. The fourth-order valence-electron chi connectivity index (χ4n) is 3.37. The number of benzene rings is 1. The van der Waals surface area contributed by atoms with Gasteiger partial charge in [0.25, 0.3) is 0 Å². The number of hydrogen-bond acceptors (Lipinski definition) is 5. The summed E-state index contributed by atoms with van der Waals surface area (Å²) in [7, 11) is 1.40. The first-order valence-electron chi connectivity index (χ1n) is 9.74. The van der Waals surface area contributed by atoms with Gasteiger partial charge in [-0.05, 0) is 70.6 Å². The Morgan fingerprint density at radius 1 is 1.11 bits per heavy atom. The molecule has 0 heterocycles. The maximum absolute atomic E-state index is 12.2. The second-order valence-electron chi connectivity index (χ2n) is 8.27. The molecule has 0 aliphatic heterocycles. The molecule has 28 heavy (non-hydrogen) atoms. The van der Waals surface area contributed by atoms with Crippen LogP contribution < -0.4 is 10.6 Å². The Hall–Kier alpha value is -1.79. The molecule has 2 N–H and O–H groups in total. The number of nitrogens with one attached hydrogen (secondary N) is 2. The number of carbonyl (C=O) groups excluding carboxylic acids is 2. The highest BCUT2D eigenvalue weighted by Crippen LogP contribution is 2.21. The van der Waals surface area contributed by atoms with E-state index in [1.54, 1.807) is 0 Å². The van der Waals surface area contributed by atoms with Crippen LogP contribution in [0.15, 0.2) is 24.3 Å². The first-order valence-corrected chi connectivity index (χ1v) is 10.1. The summed E-state index contributed by atoms with van der Waals surface area (Å²) in [5, 5.41) is 7.03. The first-order chi connectivity index (χ1) is 13.2. The van der Waals surface area contributed by atoms with Crippen molar-refractivity contribution in [2.75, 3.05) is 7.11 Å². The number of hydrogen-bond donors (Lipinski definition) is 2. The van der Waals surface area contributed by atoms with E-state index in [-0.39, 0.29) is 24.1 Å². The fraction of sp³-hybridized carbons (Fsp3) is 0.619. The van der Waals surface area contributed by atoms with Crippen molar-refractivity contribution in [3.8, 4) is 0 Å². The minimum Gasteiger partial charge on any atom is -0.468 e. The Morgan fingerprint density at radius 3 is 2.21 bits per heavy atom. The van der Waals surface area contributed by atoms with Crippen molar-refractivity contribution in [1.29, 1.82) is 0 Å². The topological polar surface area (TPSA) is 76.7 Å². The molecule has 1 aliphatic rings. The van der Waals surface area contributed by atoms with Crippen LogP contribution in [0.4, 0.5) is 4.79 Å². The molecule has 6 nitrogen and oxygen atoms in total. The highest BCUT2D eigenvalue weighted by molar-refractivity contribution is 6.30. The van der Waals surface area contributed by atoms with Crippen molar-refractivity contribution in [2.24, 2.45) is 0 Å². The molecule has 1 atom stereocenters. The first kappa shape index (κ1) is 22.5. The zero-order valence-electron chi connectivity index (χ0n) is 17.1. The van der Waals surface area contributed by atoms with Crippen molar-refractivity contribution in [2.45, 2.75) is 76.6 Å². The molecule has 1 saturated carbocycles. The van der Waals surface area contributed by atoms with Gasteiger partial charge in [0, 0.05) is 17.1 Å². The molecule has 0 aromatic heterocycles. The zero-order valence-corrected chi connectivity index (χ0v) is 17.8. The lowest BCUT2D eigenvalue weighted by Crippen LogP contribution is -2.49. The van der Waals surface area contributed by atoms with Crippen molar-refractivity contribution in [3.63, 3.8) is 0 Å². The molecule has 7 heteroatoms. The number of alkyl carbamates (subject to hydrolysis) is 1. The van der Waals surface area contributed by atoms with E-state index in [1.165, 1.54) is 7.11 Å². The predicted molar refractivity (Wildman–Crippen MR) is 110 cm³/mol. The lowest BCUT2D eigenvalue weighted by Gasteiger charge is -2.32. The Balaban J connectivity index is 1.85. The van der Waals surface area contributed by atoms with Gasteiger partial charge in [-0.15, -0.1) is 0 Å². The van der Waals surface area contributed by atoms with Crippen LogP contribution in [0.5, 0.6) is 0 Å². The van der Waals surface area contributed by atoms with Crippen LogP contribution in [-0.2, 0) is 20.7 Å². The summed E-state index contributed by atoms with van der Waals surface area (Å²) < 4.78 is 10.3. The average molecular weight is 411 g/mol. The smallest absolute Gasteiger partial charge is 0.407 e. The van der Waals surface area contributed by atoms with Gasteiger partial charge in [0.1, 0.15) is 11.6 Å². The van der Waals surface area contributed by atoms with E-state index in [1.807, 2.05) is 45.0 Å². The van der Waals surface area contributed by atoms with Crippen molar-refractivity contribution >= 4 is 23.7 Å². The van der Waals surface area contributed by atoms with Gasteiger partial charge in [0.15, 0.2) is 0 Å². The standard InChI is InChI=1S/C21H31ClN2O4/c1-21(2,3)28-20(26)24-17-11-9-16(10-12-17)23-18(19(25)27-4)13-14-5-7-15(22)8-6-14/h5-8,16-18,23H,9-13H2,1-4H3,(H,24,26)/t16-,17-,18-/m1/s1. The van der Waals surface area contributed by atoms with Gasteiger partial charge in [-0.25, -0.2) is 4.79 Å². The molecule has 1 fully saturated rings. The molecule has 156 valence electrons. The molecule has 0 spiro atoms. The van der Waals surface area contributed by atoms with Gasteiger partial charge in [0.2, 0.25) is 0 Å². The fourth-order valence-corrected chi connectivity index (χ4v) is 3.50. The number of amides is 1. The van der Waals surface area contributed by atoms with E-state index in [9.17, 15) is 9.59 Å². The molecule has 0 radical (unpaired) electrons. The molecule has 0 unspecified atom stereocenters. The highest BCUT2D eigenvalue weighted by atomic mass is 35.5. The van der Waals surface area contributed by atoms with Crippen LogP contribution in [-0.4, -0.2) is 42.9 Å². The van der Waals surface area contributed by atoms with E-state index >= 15 is 0 Å². The largest absolute Gasteiger partial charge is 0.468 e. The van der Waals surface area contributed by atoms with Crippen molar-refractivity contribution in [1.82, 2.24) is 10.6 Å². The molecular weight excluding hydrogens is 380 g/mol. The van der Waals surface area contributed by atoms with Crippen LogP contribution >= 0.6 is 11.6 Å². The van der Waals surface area contributed by atoms with Crippen LogP contribution in [0.25, 0.3) is 0 Å². The Labute approximate surface area is 172 Å². The summed E-state index contributed by atoms with van der Waals surface area (Å²) >= 11 is 5.93. The normalized spacial score (nSPS) is 20.9. The van der Waals surface area contributed by atoms with Crippen LogP contribution in [0.2, 0.25) is 5.02 Å². The zero-order chi connectivity index (χ0) is 20.7. The van der Waals surface area contributed by atoms with E-state index in [0.717, 1.165) is 31.2 Å². The maximum Gasteiger partial charge on any atom is 0.407 e. The number of rotatable bonds is 6. The van der Waals surface area contributed by atoms with Gasteiger partial charge >= 0.3 is 12.1 Å². The van der Waals surface area contributed by atoms with Crippen LogP contribution in [0, 0.1) is 0 Å². The van der Waals surface area contributed by atoms with E-state index < -0.39 is 11.6 Å². The molecule has 1 aromatic rings.